The Morgan fingerprint density at radius 3 is 2.78 bits per heavy atom. The van der Waals surface area contributed by atoms with Crippen molar-refractivity contribution in [3.8, 4) is 6.07 Å². The highest BCUT2D eigenvalue weighted by Crippen LogP contribution is 2.23. The molecule has 0 saturated heterocycles. The molecule has 0 aliphatic carbocycles. The van der Waals surface area contributed by atoms with Gasteiger partial charge < -0.3 is 11.1 Å². The maximum absolute atomic E-state index is 13.0. The number of nitrogen functional groups attached to an aromatic ring is 1. The molecule has 1 aromatic heterocycles. The predicted octanol–water partition coefficient (Wildman–Crippen LogP) is 3.02. The molecule has 0 aliphatic heterocycles. The quantitative estimate of drug-likeness (QED) is 0.813. The van der Waals surface area contributed by atoms with Gasteiger partial charge in [-0.1, -0.05) is 0 Å². The summed E-state index contributed by atoms with van der Waals surface area (Å²) in [5.41, 5.74) is 6.79. The number of nitrogens with zero attached hydrogens (tertiary/aromatic N) is 2. The molecular formula is C12H8FIN4. The Morgan fingerprint density at radius 2 is 2.11 bits per heavy atom. The minimum absolute atomic E-state index is 0.164. The number of hydrogen-bond acceptors (Lipinski definition) is 4. The summed E-state index contributed by atoms with van der Waals surface area (Å²) >= 11 is 2.02. The fourth-order valence-corrected chi connectivity index (χ4v) is 1.97. The molecule has 0 unspecified atom stereocenters. The molecule has 1 heterocycles. The molecule has 90 valence electrons. The topological polar surface area (TPSA) is 74.7 Å². The number of aromatic nitrogens is 1. The highest BCUT2D eigenvalue weighted by Gasteiger charge is 2.05. The Balaban J connectivity index is 2.32. The van der Waals surface area contributed by atoms with Gasteiger partial charge in [-0.25, -0.2) is 9.37 Å². The molecule has 0 aliphatic rings. The number of halogens is 2. The van der Waals surface area contributed by atoms with E-state index in [9.17, 15) is 4.39 Å². The molecule has 0 radical (unpaired) electrons. The summed E-state index contributed by atoms with van der Waals surface area (Å²) in [6.07, 6.45) is 0. The van der Waals surface area contributed by atoms with Gasteiger partial charge in [-0.05, 0) is 52.9 Å². The van der Waals surface area contributed by atoms with Crippen molar-refractivity contribution >= 4 is 39.8 Å². The van der Waals surface area contributed by atoms with Crippen molar-refractivity contribution in [2.75, 3.05) is 11.1 Å². The van der Waals surface area contributed by atoms with Gasteiger partial charge in [0.2, 0.25) is 0 Å². The van der Waals surface area contributed by atoms with Gasteiger partial charge in [-0.2, -0.15) is 5.26 Å². The summed E-state index contributed by atoms with van der Waals surface area (Å²) in [5.74, 6) is 0.193. The molecule has 2 aromatic rings. The minimum Gasteiger partial charge on any atom is -0.396 e. The van der Waals surface area contributed by atoms with E-state index < -0.39 is 0 Å². The average Bonchev–Trinajstić information content (AvgIpc) is 2.35. The van der Waals surface area contributed by atoms with Crippen molar-refractivity contribution in [3.63, 3.8) is 0 Å². The van der Waals surface area contributed by atoms with E-state index in [-0.39, 0.29) is 11.5 Å². The van der Waals surface area contributed by atoms with Crippen LogP contribution in [0.5, 0.6) is 0 Å². The molecule has 4 nitrogen and oxygen atoms in total. The van der Waals surface area contributed by atoms with Crippen molar-refractivity contribution in [1.82, 2.24) is 4.98 Å². The zero-order valence-corrected chi connectivity index (χ0v) is 11.3. The third kappa shape index (κ3) is 2.68. The van der Waals surface area contributed by atoms with E-state index in [2.05, 4.69) is 10.3 Å². The molecule has 0 fully saturated rings. The van der Waals surface area contributed by atoms with E-state index in [0.29, 0.717) is 11.5 Å². The van der Waals surface area contributed by atoms with E-state index in [1.807, 2.05) is 28.7 Å². The van der Waals surface area contributed by atoms with Crippen LogP contribution in [0.3, 0.4) is 0 Å². The van der Waals surface area contributed by atoms with Gasteiger partial charge >= 0.3 is 0 Å². The summed E-state index contributed by atoms with van der Waals surface area (Å²) in [7, 11) is 0. The van der Waals surface area contributed by atoms with Crippen molar-refractivity contribution in [1.29, 1.82) is 5.26 Å². The van der Waals surface area contributed by atoms with Gasteiger partial charge in [0.25, 0.3) is 0 Å². The van der Waals surface area contributed by atoms with Crippen LogP contribution in [0, 0.1) is 20.7 Å². The van der Waals surface area contributed by atoms with Crippen molar-refractivity contribution in [2.45, 2.75) is 0 Å². The highest BCUT2D eigenvalue weighted by atomic mass is 127. The second kappa shape index (κ2) is 5.18. The SMILES string of the molecule is N#Cc1nc(Nc2ccc(F)cc2I)ccc1N. The van der Waals surface area contributed by atoms with Crippen LogP contribution in [0.1, 0.15) is 5.69 Å². The summed E-state index contributed by atoms with van der Waals surface area (Å²) in [4.78, 5) is 4.06. The normalized spacial score (nSPS) is 9.83. The maximum atomic E-state index is 13.0. The van der Waals surface area contributed by atoms with Crippen LogP contribution in [-0.4, -0.2) is 4.98 Å². The third-order valence-corrected chi connectivity index (χ3v) is 3.12. The number of nitriles is 1. The number of hydrogen-bond donors (Lipinski definition) is 2. The lowest BCUT2D eigenvalue weighted by Crippen LogP contribution is -2.00. The zero-order valence-electron chi connectivity index (χ0n) is 9.11. The summed E-state index contributed by atoms with van der Waals surface area (Å²) in [6, 6.07) is 9.55. The minimum atomic E-state index is -0.298. The van der Waals surface area contributed by atoms with E-state index >= 15 is 0 Å². The van der Waals surface area contributed by atoms with Gasteiger partial charge in [-0.3, -0.25) is 0 Å². The monoisotopic (exact) mass is 354 g/mol. The van der Waals surface area contributed by atoms with Crippen LogP contribution in [-0.2, 0) is 0 Å². The van der Waals surface area contributed by atoms with Gasteiger partial charge in [-0.15, -0.1) is 0 Å². The highest BCUT2D eigenvalue weighted by molar-refractivity contribution is 14.1. The van der Waals surface area contributed by atoms with Gasteiger partial charge in [0, 0.05) is 3.57 Å². The smallest absolute Gasteiger partial charge is 0.165 e. The molecule has 0 bridgehead atoms. The zero-order chi connectivity index (χ0) is 13.1. The van der Waals surface area contributed by atoms with E-state index in [1.54, 1.807) is 18.2 Å². The Hall–Kier alpha value is -1.88. The lowest BCUT2D eigenvalue weighted by molar-refractivity contribution is 0.627. The number of nitrogens with two attached hydrogens (primary N) is 1. The van der Waals surface area contributed by atoms with Gasteiger partial charge in [0.05, 0.1) is 11.4 Å². The molecule has 3 N–H and O–H groups in total. The number of pyridine rings is 1. The van der Waals surface area contributed by atoms with Gasteiger partial charge in [0.15, 0.2) is 5.69 Å². The van der Waals surface area contributed by atoms with Crippen LogP contribution in [0.4, 0.5) is 21.6 Å². The summed E-state index contributed by atoms with van der Waals surface area (Å²) in [6.45, 7) is 0. The molecule has 0 atom stereocenters. The first-order valence-corrected chi connectivity index (χ1v) is 6.06. The van der Waals surface area contributed by atoms with E-state index in [0.717, 1.165) is 9.26 Å². The Labute approximate surface area is 117 Å². The first-order chi connectivity index (χ1) is 8.60. The molecule has 18 heavy (non-hydrogen) atoms. The third-order valence-electron chi connectivity index (χ3n) is 2.23. The van der Waals surface area contributed by atoms with Gasteiger partial charge in [0.1, 0.15) is 17.7 Å². The van der Waals surface area contributed by atoms with Crippen LogP contribution in [0.25, 0.3) is 0 Å². The largest absolute Gasteiger partial charge is 0.396 e. The molecule has 6 heteroatoms. The number of benzene rings is 1. The summed E-state index contributed by atoms with van der Waals surface area (Å²) < 4.78 is 13.7. The Morgan fingerprint density at radius 1 is 1.33 bits per heavy atom. The van der Waals surface area contributed by atoms with Crippen molar-refractivity contribution in [3.05, 3.63) is 45.4 Å². The van der Waals surface area contributed by atoms with Crippen LogP contribution < -0.4 is 11.1 Å². The molecule has 0 amide bonds. The van der Waals surface area contributed by atoms with Crippen molar-refractivity contribution in [2.24, 2.45) is 0 Å². The second-order valence-electron chi connectivity index (χ2n) is 3.50. The molecule has 1 aromatic carbocycles. The average molecular weight is 354 g/mol. The van der Waals surface area contributed by atoms with Crippen LogP contribution in [0.2, 0.25) is 0 Å². The first kappa shape index (κ1) is 12.6. The lowest BCUT2D eigenvalue weighted by Gasteiger charge is -2.08. The first-order valence-electron chi connectivity index (χ1n) is 4.99. The Bertz CT molecular complexity index is 636. The van der Waals surface area contributed by atoms with Crippen molar-refractivity contribution < 1.29 is 4.39 Å². The maximum Gasteiger partial charge on any atom is 0.165 e. The number of rotatable bonds is 2. The second-order valence-corrected chi connectivity index (χ2v) is 4.66. The standard InChI is InChI=1S/C12H8FIN4/c13-7-1-3-10(8(14)5-7)17-12-4-2-9(16)11(6-15)18-12/h1-5H,16H2,(H,17,18). The number of nitrogens with one attached hydrogen (secondary N) is 1. The Kier molecular flexibility index (Phi) is 3.62. The molecule has 0 spiro atoms. The fraction of sp³-hybridized carbons (Fsp3) is 0. The number of anilines is 3. The molecule has 2 rings (SSSR count). The fourth-order valence-electron chi connectivity index (χ4n) is 1.36. The van der Waals surface area contributed by atoms with Crippen LogP contribution >= 0.6 is 22.6 Å². The lowest BCUT2D eigenvalue weighted by atomic mass is 10.3. The van der Waals surface area contributed by atoms with E-state index in [4.69, 9.17) is 11.0 Å². The molecule has 0 saturated carbocycles. The molecular weight excluding hydrogens is 346 g/mol. The summed E-state index contributed by atoms with van der Waals surface area (Å²) in [5, 5.41) is 11.8. The van der Waals surface area contributed by atoms with Crippen LogP contribution in [0.15, 0.2) is 30.3 Å². The van der Waals surface area contributed by atoms with E-state index in [1.165, 1.54) is 12.1 Å². The predicted molar refractivity (Wildman–Crippen MR) is 75.8 cm³/mol.